The minimum Gasteiger partial charge on any atom is -0.389 e. The molecule has 0 spiro atoms. The normalized spacial score (nSPS) is 43.3. The molecule has 0 amide bonds. The van der Waals surface area contributed by atoms with Crippen LogP contribution in [0.25, 0.3) is 0 Å². The molecule has 26 heavy (non-hydrogen) atoms. The SMILES string of the molecule is CC1CC(C)CN(CC(O)COCCC23CC4CC(CC(C4)C2)C3)C1.Cl. The lowest BCUT2D eigenvalue weighted by molar-refractivity contribution is -0.0746. The summed E-state index contributed by atoms with van der Waals surface area (Å²) in [4.78, 5) is 2.44. The zero-order valence-corrected chi connectivity index (χ0v) is 17.7. The van der Waals surface area contributed by atoms with E-state index >= 15 is 0 Å². The van der Waals surface area contributed by atoms with Gasteiger partial charge in [-0.2, -0.15) is 0 Å². The Bertz CT molecular complexity index is 412. The van der Waals surface area contributed by atoms with Crippen LogP contribution in [0.2, 0.25) is 0 Å². The van der Waals surface area contributed by atoms with Crippen LogP contribution in [0.3, 0.4) is 0 Å². The molecule has 152 valence electrons. The van der Waals surface area contributed by atoms with Crippen LogP contribution < -0.4 is 0 Å². The zero-order chi connectivity index (χ0) is 17.4. The minimum absolute atomic E-state index is 0. The van der Waals surface area contributed by atoms with Crippen molar-refractivity contribution in [1.29, 1.82) is 0 Å². The number of likely N-dealkylation sites (tertiary alicyclic amines) is 1. The Morgan fingerprint density at radius 1 is 0.962 bits per heavy atom. The predicted molar refractivity (Wildman–Crippen MR) is 109 cm³/mol. The first-order valence-corrected chi connectivity index (χ1v) is 11.0. The highest BCUT2D eigenvalue weighted by Crippen LogP contribution is 2.61. The van der Waals surface area contributed by atoms with Crippen LogP contribution in [0.5, 0.6) is 0 Å². The first-order valence-electron chi connectivity index (χ1n) is 11.0. The maximum Gasteiger partial charge on any atom is 0.0900 e. The highest BCUT2D eigenvalue weighted by Gasteiger charge is 2.50. The lowest BCUT2D eigenvalue weighted by atomic mass is 9.49. The number of aliphatic hydroxyl groups is 1. The molecule has 3 atom stereocenters. The first kappa shape index (κ1) is 20.9. The van der Waals surface area contributed by atoms with E-state index in [1.54, 1.807) is 0 Å². The molecule has 5 fully saturated rings. The topological polar surface area (TPSA) is 32.7 Å². The van der Waals surface area contributed by atoms with Gasteiger partial charge < -0.3 is 14.7 Å². The van der Waals surface area contributed by atoms with Crippen molar-refractivity contribution in [3.05, 3.63) is 0 Å². The van der Waals surface area contributed by atoms with Crippen LogP contribution in [0.1, 0.15) is 65.2 Å². The Balaban J connectivity index is 0.00000196. The maximum absolute atomic E-state index is 10.4. The molecule has 1 N–H and O–H groups in total. The molecule has 3 nitrogen and oxygen atoms in total. The second kappa shape index (κ2) is 8.68. The van der Waals surface area contributed by atoms with E-state index < -0.39 is 0 Å². The van der Waals surface area contributed by atoms with Crippen molar-refractivity contribution in [2.45, 2.75) is 71.3 Å². The summed E-state index contributed by atoms with van der Waals surface area (Å²) in [5.41, 5.74) is 0.609. The molecule has 4 saturated carbocycles. The summed E-state index contributed by atoms with van der Waals surface area (Å²) in [6, 6.07) is 0. The molecular weight excluding hydrogens is 346 g/mol. The van der Waals surface area contributed by atoms with E-state index in [2.05, 4.69) is 18.7 Å². The van der Waals surface area contributed by atoms with Crippen LogP contribution in [0.15, 0.2) is 0 Å². The molecule has 3 unspecified atom stereocenters. The number of aliphatic hydroxyl groups excluding tert-OH is 1. The highest BCUT2D eigenvalue weighted by molar-refractivity contribution is 5.85. The molecular formula is C22H40ClNO2. The van der Waals surface area contributed by atoms with Crippen LogP contribution in [-0.4, -0.2) is 49.0 Å². The maximum atomic E-state index is 10.4. The van der Waals surface area contributed by atoms with Crippen molar-refractivity contribution in [2.75, 3.05) is 32.8 Å². The first-order chi connectivity index (χ1) is 12.0. The van der Waals surface area contributed by atoms with Crippen molar-refractivity contribution < 1.29 is 9.84 Å². The molecule has 0 radical (unpaired) electrons. The Labute approximate surface area is 166 Å². The highest BCUT2D eigenvalue weighted by atomic mass is 35.5. The van der Waals surface area contributed by atoms with Gasteiger partial charge in [-0.1, -0.05) is 13.8 Å². The van der Waals surface area contributed by atoms with Gasteiger partial charge in [-0.3, -0.25) is 0 Å². The molecule has 1 heterocycles. The van der Waals surface area contributed by atoms with E-state index in [0.29, 0.717) is 12.0 Å². The van der Waals surface area contributed by atoms with Gasteiger partial charge in [0.05, 0.1) is 12.7 Å². The smallest absolute Gasteiger partial charge is 0.0900 e. The number of piperidine rings is 1. The minimum atomic E-state index is -0.325. The molecule has 0 aromatic rings. The van der Waals surface area contributed by atoms with Crippen molar-refractivity contribution in [3.63, 3.8) is 0 Å². The van der Waals surface area contributed by atoms with Gasteiger partial charge in [0.25, 0.3) is 0 Å². The van der Waals surface area contributed by atoms with Gasteiger partial charge in [0, 0.05) is 26.2 Å². The standard InChI is InChI=1S/C22H39NO2.ClH/c1-16-5-17(2)13-23(12-16)14-21(24)15-25-4-3-22-9-18-6-19(10-22)8-20(7-18)11-22;/h16-21,24H,3-15H2,1-2H3;1H. The van der Waals surface area contributed by atoms with Crippen LogP contribution in [-0.2, 0) is 4.74 Å². The molecule has 4 aliphatic carbocycles. The third-order valence-electron chi connectivity index (χ3n) is 7.67. The molecule has 1 saturated heterocycles. The van der Waals surface area contributed by atoms with E-state index in [1.807, 2.05) is 0 Å². The fourth-order valence-electron chi connectivity index (χ4n) is 7.40. The summed E-state index contributed by atoms with van der Waals surface area (Å²) >= 11 is 0. The lowest BCUT2D eigenvalue weighted by Gasteiger charge is -2.57. The molecule has 0 aromatic heterocycles. The molecule has 5 aliphatic rings. The van der Waals surface area contributed by atoms with Gasteiger partial charge in [-0.15, -0.1) is 12.4 Å². The average Bonchev–Trinajstić information content (AvgIpc) is 2.49. The van der Waals surface area contributed by atoms with E-state index in [0.717, 1.165) is 55.8 Å². The molecule has 5 rings (SSSR count). The van der Waals surface area contributed by atoms with Gasteiger partial charge >= 0.3 is 0 Å². The number of hydrogen-bond acceptors (Lipinski definition) is 3. The summed E-state index contributed by atoms with van der Waals surface area (Å²) < 4.78 is 5.95. The van der Waals surface area contributed by atoms with E-state index in [-0.39, 0.29) is 18.5 Å². The number of nitrogens with zero attached hydrogens (tertiary/aromatic N) is 1. The molecule has 1 aliphatic heterocycles. The van der Waals surface area contributed by atoms with E-state index in [1.165, 1.54) is 51.4 Å². The monoisotopic (exact) mass is 385 g/mol. The lowest BCUT2D eigenvalue weighted by Crippen LogP contribution is -2.46. The summed E-state index contributed by atoms with van der Waals surface area (Å²) in [6.07, 6.45) is 11.2. The Morgan fingerprint density at radius 2 is 1.50 bits per heavy atom. The number of β-amino-alcohol motifs (C(OH)–C–C–N with tert-alkyl or cyclic N) is 1. The molecule has 0 aromatic carbocycles. The summed E-state index contributed by atoms with van der Waals surface area (Å²) in [5, 5.41) is 10.4. The second-order valence-electron chi connectivity index (χ2n) is 10.6. The number of ether oxygens (including phenoxy) is 1. The van der Waals surface area contributed by atoms with Crippen LogP contribution in [0, 0.1) is 35.0 Å². The van der Waals surface area contributed by atoms with Crippen molar-refractivity contribution in [1.82, 2.24) is 4.90 Å². The molecule has 4 heteroatoms. The van der Waals surface area contributed by atoms with Crippen LogP contribution >= 0.6 is 12.4 Å². The van der Waals surface area contributed by atoms with Crippen LogP contribution in [0.4, 0.5) is 0 Å². The Kier molecular flexibility index (Phi) is 6.97. The predicted octanol–water partition coefficient (Wildman–Crippen LogP) is 4.37. The van der Waals surface area contributed by atoms with Crippen molar-refractivity contribution in [2.24, 2.45) is 35.0 Å². The Morgan fingerprint density at radius 3 is 2.04 bits per heavy atom. The summed E-state index contributed by atoms with van der Waals surface area (Å²) in [5.74, 6) is 4.60. The second-order valence-corrected chi connectivity index (χ2v) is 10.6. The largest absolute Gasteiger partial charge is 0.389 e. The quantitative estimate of drug-likeness (QED) is 0.660. The van der Waals surface area contributed by atoms with Crippen molar-refractivity contribution in [3.8, 4) is 0 Å². The van der Waals surface area contributed by atoms with Crippen molar-refractivity contribution >= 4 is 12.4 Å². The summed E-state index contributed by atoms with van der Waals surface area (Å²) in [7, 11) is 0. The number of halogens is 1. The Hall–Kier alpha value is 0.170. The van der Waals surface area contributed by atoms with Gasteiger partial charge in [0.2, 0.25) is 0 Å². The fourth-order valence-corrected chi connectivity index (χ4v) is 7.40. The van der Waals surface area contributed by atoms with E-state index in [4.69, 9.17) is 4.74 Å². The number of rotatable bonds is 7. The average molecular weight is 386 g/mol. The van der Waals surface area contributed by atoms with Gasteiger partial charge in [0.1, 0.15) is 0 Å². The zero-order valence-electron chi connectivity index (χ0n) is 16.9. The summed E-state index contributed by atoms with van der Waals surface area (Å²) in [6.45, 7) is 9.09. The third kappa shape index (κ3) is 4.96. The van der Waals surface area contributed by atoms with Gasteiger partial charge in [-0.25, -0.2) is 0 Å². The molecule has 4 bridgehead atoms. The fraction of sp³-hybridized carbons (Fsp3) is 1.00. The van der Waals surface area contributed by atoms with Gasteiger partial charge in [-0.05, 0) is 86.4 Å². The number of hydrogen-bond donors (Lipinski definition) is 1. The van der Waals surface area contributed by atoms with Gasteiger partial charge in [0.15, 0.2) is 0 Å². The third-order valence-corrected chi connectivity index (χ3v) is 7.67. The van der Waals surface area contributed by atoms with E-state index in [9.17, 15) is 5.11 Å².